The summed E-state index contributed by atoms with van der Waals surface area (Å²) in [5.41, 5.74) is 10.0. The van der Waals surface area contributed by atoms with Crippen LogP contribution in [0.15, 0.2) is 22.2 Å². The summed E-state index contributed by atoms with van der Waals surface area (Å²) in [4.78, 5) is 41.7. The van der Waals surface area contributed by atoms with Gasteiger partial charge in [-0.3, -0.25) is 18.9 Å². The molecule has 7 atom stereocenters. The van der Waals surface area contributed by atoms with Crippen molar-refractivity contribution in [2.45, 2.75) is 49.7 Å². The van der Waals surface area contributed by atoms with Crippen LogP contribution in [0, 0.1) is 0 Å². The second kappa shape index (κ2) is 10.2. The molecular formula is C18H23N9O9P+. The van der Waals surface area contributed by atoms with Gasteiger partial charge in [0.15, 0.2) is 11.2 Å². The Balaban J connectivity index is 1.18. The number of nitrogens with one attached hydrogen (secondary N) is 1. The van der Waals surface area contributed by atoms with Gasteiger partial charge < -0.3 is 31.2 Å². The van der Waals surface area contributed by atoms with E-state index in [0.717, 1.165) is 10.9 Å². The molecule has 5 rings (SSSR count). The fourth-order valence-corrected chi connectivity index (χ4v) is 4.94. The molecule has 2 saturated heterocycles. The molecule has 0 bridgehead atoms. The number of aromatic nitrogens is 7. The molecule has 3 aromatic heterocycles. The SMILES string of the molecule is Nc1ncn([C@H]2CC(O[P+](=O)OC[C@H]3O[C@@H](n4cnc5c(=O)[nH]c(N)nc54)CC3O)[C@@H](CO)O2)c(=O)n1. The van der Waals surface area contributed by atoms with Crippen LogP contribution in [0.3, 0.4) is 0 Å². The molecule has 3 aromatic rings. The van der Waals surface area contributed by atoms with Crippen LogP contribution >= 0.6 is 8.25 Å². The standard InChI is InChI=1S/C18H22N9O9P/c19-16-22-6-27(18(31)25-16)12-2-8(9(3-28)34-12)36-37(32)33-4-10-7(29)1-11(35-10)26-5-21-13-14(26)23-17(20)24-15(13)30/h5-12,28-29H,1-4H2,(H4-,19,20,23,24,25,30,31)/p+1/t7?,8?,9-,10-,11-,12-/m1/s1. The Kier molecular flexibility index (Phi) is 6.95. The third-order valence-electron chi connectivity index (χ3n) is 5.95. The van der Waals surface area contributed by atoms with Gasteiger partial charge in [0.25, 0.3) is 5.56 Å². The first-order chi connectivity index (χ1) is 17.7. The number of aromatic amines is 1. The topological polar surface area (TPSA) is 258 Å². The summed E-state index contributed by atoms with van der Waals surface area (Å²) >= 11 is 0. The largest absolute Gasteiger partial charge is 0.697 e. The zero-order chi connectivity index (χ0) is 26.3. The number of hydrogen-bond acceptors (Lipinski definition) is 15. The lowest BCUT2D eigenvalue weighted by Gasteiger charge is -2.14. The monoisotopic (exact) mass is 540 g/mol. The molecule has 0 aliphatic carbocycles. The van der Waals surface area contributed by atoms with Crippen molar-refractivity contribution in [2.75, 3.05) is 24.7 Å². The molecule has 0 radical (unpaired) electrons. The lowest BCUT2D eigenvalue weighted by Crippen LogP contribution is -2.29. The van der Waals surface area contributed by atoms with E-state index in [1.807, 2.05) is 0 Å². The molecule has 5 heterocycles. The predicted octanol–water partition coefficient (Wildman–Crippen LogP) is -2.08. The van der Waals surface area contributed by atoms with Crippen LogP contribution in [0.2, 0.25) is 0 Å². The number of aliphatic hydroxyl groups excluding tert-OH is 2. The summed E-state index contributed by atoms with van der Waals surface area (Å²) in [7, 11) is -2.72. The molecule has 0 amide bonds. The summed E-state index contributed by atoms with van der Waals surface area (Å²) in [6.45, 7) is -0.761. The third-order valence-corrected chi connectivity index (χ3v) is 6.75. The number of fused-ring (bicyclic) bond motifs is 1. The fourth-order valence-electron chi connectivity index (χ4n) is 4.16. The molecule has 198 valence electrons. The van der Waals surface area contributed by atoms with E-state index in [1.54, 1.807) is 0 Å². The molecule has 18 nitrogen and oxygen atoms in total. The highest BCUT2D eigenvalue weighted by atomic mass is 31.1. The maximum absolute atomic E-state index is 12.5. The molecule has 37 heavy (non-hydrogen) atoms. The van der Waals surface area contributed by atoms with Crippen LogP contribution < -0.4 is 22.7 Å². The summed E-state index contributed by atoms with van der Waals surface area (Å²) in [6, 6.07) is 0. The summed E-state index contributed by atoms with van der Waals surface area (Å²) in [5.74, 6) is -0.295. The molecule has 7 N–H and O–H groups in total. The highest BCUT2D eigenvalue weighted by Crippen LogP contribution is 2.38. The number of nitrogens with two attached hydrogens (primary N) is 2. The van der Waals surface area contributed by atoms with Crippen molar-refractivity contribution >= 4 is 31.3 Å². The van der Waals surface area contributed by atoms with Gasteiger partial charge in [-0.15, -0.1) is 9.05 Å². The molecule has 0 aromatic carbocycles. The van der Waals surface area contributed by atoms with E-state index in [-0.39, 0.29) is 42.5 Å². The number of ether oxygens (including phenoxy) is 2. The smallest absolute Gasteiger partial charge is 0.394 e. The van der Waals surface area contributed by atoms with Crippen molar-refractivity contribution in [1.82, 2.24) is 34.1 Å². The van der Waals surface area contributed by atoms with E-state index in [2.05, 4.69) is 24.9 Å². The first kappa shape index (κ1) is 25.3. The lowest BCUT2D eigenvalue weighted by atomic mass is 10.2. The van der Waals surface area contributed by atoms with Gasteiger partial charge in [-0.05, 0) is 0 Å². The number of imidazole rings is 1. The molecule has 2 fully saturated rings. The maximum atomic E-state index is 12.5. The van der Waals surface area contributed by atoms with E-state index in [9.17, 15) is 24.4 Å². The Morgan fingerprint density at radius 2 is 1.84 bits per heavy atom. The highest BCUT2D eigenvalue weighted by Gasteiger charge is 2.45. The Morgan fingerprint density at radius 1 is 1.11 bits per heavy atom. The number of anilines is 2. The van der Waals surface area contributed by atoms with Gasteiger partial charge >= 0.3 is 13.9 Å². The number of nitrogen functional groups attached to an aromatic ring is 2. The molecule has 19 heteroatoms. The van der Waals surface area contributed by atoms with E-state index in [0.29, 0.717) is 0 Å². The van der Waals surface area contributed by atoms with Gasteiger partial charge in [0.1, 0.15) is 43.7 Å². The number of hydrogen-bond donors (Lipinski definition) is 5. The Bertz CT molecular complexity index is 1430. The first-order valence-electron chi connectivity index (χ1n) is 11.0. The second-order valence-corrected chi connectivity index (χ2v) is 9.24. The van der Waals surface area contributed by atoms with Crippen LogP contribution in [-0.2, 0) is 23.1 Å². The van der Waals surface area contributed by atoms with E-state index >= 15 is 0 Å². The van der Waals surface area contributed by atoms with E-state index in [4.69, 9.17) is 30.0 Å². The first-order valence-corrected chi connectivity index (χ1v) is 12.1. The summed E-state index contributed by atoms with van der Waals surface area (Å²) < 4.78 is 37.1. The number of nitrogens with zero attached hydrogens (tertiary/aromatic N) is 6. The molecule has 3 unspecified atom stereocenters. The quantitative estimate of drug-likeness (QED) is 0.192. The fraction of sp³-hybridized carbons (Fsp3) is 0.556. The van der Waals surface area contributed by atoms with Gasteiger partial charge in [0.2, 0.25) is 11.9 Å². The van der Waals surface area contributed by atoms with Crippen molar-refractivity contribution in [2.24, 2.45) is 0 Å². The van der Waals surface area contributed by atoms with Crippen LogP contribution in [0.1, 0.15) is 25.3 Å². The van der Waals surface area contributed by atoms with Crippen molar-refractivity contribution in [3.8, 4) is 0 Å². The molecule has 2 aliphatic rings. The van der Waals surface area contributed by atoms with Crippen molar-refractivity contribution in [3.05, 3.63) is 33.5 Å². The third kappa shape index (κ3) is 5.08. The average Bonchev–Trinajstić information content (AvgIpc) is 3.54. The van der Waals surface area contributed by atoms with Gasteiger partial charge in [-0.25, -0.2) is 14.8 Å². The van der Waals surface area contributed by atoms with Crippen molar-refractivity contribution < 1.29 is 33.3 Å². The normalized spacial score (nSPS) is 28.2. The minimum absolute atomic E-state index is 0.0520. The maximum Gasteiger partial charge on any atom is 0.697 e. The molecule has 0 saturated carbocycles. The Hall–Kier alpha value is -3.38. The Labute approximate surface area is 207 Å². The molecule has 0 spiro atoms. The van der Waals surface area contributed by atoms with Gasteiger partial charge in [0, 0.05) is 17.4 Å². The van der Waals surface area contributed by atoms with E-state index in [1.165, 1.54) is 10.9 Å². The highest BCUT2D eigenvalue weighted by molar-refractivity contribution is 7.33. The summed E-state index contributed by atoms with van der Waals surface area (Å²) in [5, 5.41) is 20.0. The second-order valence-electron chi connectivity index (χ2n) is 8.32. The molecular weight excluding hydrogens is 517 g/mol. The lowest BCUT2D eigenvalue weighted by molar-refractivity contribution is -0.0493. The van der Waals surface area contributed by atoms with Crippen molar-refractivity contribution in [1.29, 1.82) is 0 Å². The van der Waals surface area contributed by atoms with Crippen molar-refractivity contribution in [3.63, 3.8) is 0 Å². The molecule has 2 aliphatic heterocycles. The van der Waals surface area contributed by atoms with Gasteiger partial charge in [-0.2, -0.15) is 9.97 Å². The number of aliphatic hydroxyl groups is 2. The predicted molar refractivity (Wildman–Crippen MR) is 122 cm³/mol. The summed E-state index contributed by atoms with van der Waals surface area (Å²) in [6.07, 6.45) is -2.58. The van der Waals surface area contributed by atoms with Crippen LogP contribution in [0.25, 0.3) is 11.2 Å². The zero-order valence-corrected chi connectivity index (χ0v) is 19.9. The van der Waals surface area contributed by atoms with E-state index < -0.39 is 63.0 Å². The Morgan fingerprint density at radius 3 is 2.59 bits per heavy atom. The minimum Gasteiger partial charge on any atom is -0.394 e. The minimum atomic E-state index is -2.72. The number of H-pyrrole nitrogens is 1. The van der Waals surface area contributed by atoms with Crippen LogP contribution in [0.4, 0.5) is 11.9 Å². The number of rotatable bonds is 8. The average molecular weight is 540 g/mol. The van der Waals surface area contributed by atoms with Crippen LogP contribution in [0.5, 0.6) is 0 Å². The van der Waals surface area contributed by atoms with Gasteiger partial charge in [0.05, 0.1) is 19.0 Å². The van der Waals surface area contributed by atoms with Gasteiger partial charge in [-0.1, -0.05) is 0 Å². The zero-order valence-electron chi connectivity index (χ0n) is 19.0. The van der Waals surface area contributed by atoms with Crippen LogP contribution in [-0.4, -0.2) is 81.9 Å².